The van der Waals surface area contributed by atoms with Crippen LogP contribution in [0, 0.1) is 0 Å². The summed E-state index contributed by atoms with van der Waals surface area (Å²) < 4.78 is 50.7. The number of rotatable bonds is 2. The monoisotopic (exact) mass is 159 g/mol. The molecule has 0 aliphatic heterocycles. The molecule has 1 rings (SSSR count). The van der Waals surface area contributed by atoms with Crippen LogP contribution in [0.4, 0.5) is 5.69 Å². The fraction of sp³-hybridized carbons (Fsp3) is 0.250. The number of nitrogens with two attached hydrogens (primary N) is 1. The highest BCUT2D eigenvalue weighted by atomic mass is 16.5. The Labute approximate surface area is 74.2 Å². The zero-order chi connectivity index (χ0) is 13.3. The van der Waals surface area contributed by atoms with Crippen molar-refractivity contribution in [2.45, 2.75) is 0 Å². The molecule has 0 heterocycles. The minimum absolute atomic E-state index is 0.147. The van der Waals surface area contributed by atoms with Crippen LogP contribution in [0.3, 0.4) is 0 Å². The van der Waals surface area contributed by atoms with Gasteiger partial charge in [-0.3, -0.25) is 0 Å². The summed E-state index contributed by atoms with van der Waals surface area (Å²) in [6, 6.07) is 4.01. The van der Waals surface area contributed by atoms with Crippen LogP contribution in [0.5, 0.6) is 11.5 Å². The van der Waals surface area contributed by atoms with Crippen LogP contribution in [0.25, 0.3) is 0 Å². The average molecular weight is 159 g/mol. The molecule has 0 radical (unpaired) electrons. The van der Waals surface area contributed by atoms with Crippen LogP contribution in [-0.2, 0) is 0 Å². The van der Waals surface area contributed by atoms with Crippen LogP contribution in [-0.4, -0.2) is 14.1 Å². The third-order valence-electron chi connectivity index (χ3n) is 1.25. The van der Waals surface area contributed by atoms with Gasteiger partial charge in [-0.1, -0.05) is 6.07 Å². The fourth-order valence-corrected chi connectivity index (χ4v) is 0.702. The number of benzene rings is 1. The summed E-state index contributed by atoms with van der Waals surface area (Å²) in [5, 5.41) is 0. The maximum absolute atomic E-state index is 6.92. The zero-order valence-corrected chi connectivity index (χ0v) is 5.63. The molecule has 0 unspecified atom stereocenters. The summed E-state index contributed by atoms with van der Waals surface area (Å²) in [5.41, 5.74) is 5.38. The molecule has 11 heavy (non-hydrogen) atoms. The molecule has 0 aliphatic rings. The molecular formula is C8H11NO2. The fourth-order valence-electron chi connectivity index (χ4n) is 0.702. The summed E-state index contributed by atoms with van der Waals surface area (Å²) in [6.07, 6.45) is 0. The van der Waals surface area contributed by atoms with Crippen molar-refractivity contribution in [2.75, 3.05) is 19.8 Å². The second-order valence-corrected chi connectivity index (χ2v) is 1.87. The second-order valence-electron chi connectivity index (χ2n) is 1.87. The standard InChI is InChI=1S/C8H11NO2/c1-10-6-4-3-5-7(11-2)8(6)9/h3-5H,9H2,1-2H3/i1D3,2D3. The summed E-state index contributed by atoms with van der Waals surface area (Å²) >= 11 is 0. The normalized spacial score (nSPS) is 19.6. The average Bonchev–Trinajstić information content (AvgIpc) is 2.07. The number of methoxy groups -OCH3 is 2. The van der Waals surface area contributed by atoms with Gasteiger partial charge in [0.2, 0.25) is 0 Å². The highest BCUT2D eigenvalue weighted by Crippen LogP contribution is 2.30. The van der Waals surface area contributed by atoms with E-state index in [0.29, 0.717) is 0 Å². The van der Waals surface area contributed by atoms with Gasteiger partial charge >= 0.3 is 0 Å². The maximum Gasteiger partial charge on any atom is 0.145 e. The topological polar surface area (TPSA) is 44.5 Å². The Hall–Kier alpha value is -1.38. The summed E-state index contributed by atoms with van der Waals surface area (Å²) in [5.74, 6) is -0.293. The van der Waals surface area contributed by atoms with Crippen LogP contribution in [0.15, 0.2) is 18.2 Å². The first-order chi connectivity index (χ1) is 7.58. The SMILES string of the molecule is [2H]C([2H])([2H])Oc1cccc(OC([2H])([2H])[2H])c1N. The Balaban J connectivity index is 3.00. The van der Waals surface area contributed by atoms with E-state index in [1.807, 2.05) is 0 Å². The predicted molar refractivity (Wildman–Crippen MR) is 44.0 cm³/mol. The van der Waals surface area contributed by atoms with Crippen molar-refractivity contribution in [3.8, 4) is 11.5 Å². The minimum atomic E-state index is -2.66. The summed E-state index contributed by atoms with van der Waals surface area (Å²) in [6.45, 7) is 0. The lowest BCUT2D eigenvalue weighted by atomic mass is 10.3. The number of para-hydroxylation sites is 1. The van der Waals surface area contributed by atoms with Gasteiger partial charge < -0.3 is 15.2 Å². The van der Waals surface area contributed by atoms with Crippen molar-refractivity contribution in [2.24, 2.45) is 0 Å². The molecular weight excluding hydrogens is 142 g/mol. The maximum atomic E-state index is 6.92. The van der Waals surface area contributed by atoms with Crippen molar-refractivity contribution < 1.29 is 17.7 Å². The number of ether oxygens (including phenoxy) is 2. The molecule has 1 aromatic carbocycles. The Morgan fingerprint density at radius 1 is 1.27 bits per heavy atom. The zero-order valence-electron chi connectivity index (χ0n) is 11.6. The lowest BCUT2D eigenvalue weighted by Gasteiger charge is -2.07. The van der Waals surface area contributed by atoms with E-state index in [1.165, 1.54) is 18.2 Å². The van der Waals surface area contributed by atoms with Crippen molar-refractivity contribution >= 4 is 5.69 Å². The first-order valence-corrected chi connectivity index (χ1v) is 2.85. The van der Waals surface area contributed by atoms with Gasteiger partial charge in [0.25, 0.3) is 0 Å². The molecule has 0 saturated heterocycles. The minimum Gasteiger partial charge on any atom is -0.494 e. The number of anilines is 1. The van der Waals surface area contributed by atoms with Gasteiger partial charge in [0, 0.05) is 0 Å². The second kappa shape index (κ2) is 3.14. The molecule has 0 spiro atoms. The van der Waals surface area contributed by atoms with Gasteiger partial charge in [0.15, 0.2) is 0 Å². The van der Waals surface area contributed by atoms with Crippen LogP contribution >= 0.6 is 0 Å². The van der Waals surface area contributed by atoms with E-state index in [2.05, 4.69) is 9.47 Å². The van der Waals surface area contributed by atoms with E-state index in [4.69, 9.17) is 14.0 Å². The molecule has 1 aromatic rings. The van der Waals surface area contributed by atoms with Gasteiger partial charge in [-0.25, -0.2) is 0 Å². The molecule has 0 amide bonds. The molecule has 60 valence electrons. The molecule has 0 bridgehead atoms. The van der Waals surface area contributed by atoms with Gasteiger partial charge in [-0.15, -0.1) is 0 Å². The predicted octanol–water partition coefficient (Wildman–Crippen LogP) is 1.29. The Bertz CT molecular complexity index is 366. The lowest BCUT2D eigenvalue weighted by Crippen LogP contribution is -1.95. The molecule has 3 heteroatoms. The molecule has 0 aliphatic carbocycles. The molecule has 0 saturated carbocycles. The van der Waals surface area contributed by atoms with Crippen molar-refractivity contribution in [3.05, 3.63) is 18.2 Å². The first kappa shape index (κ1) is 2.93. The van der Waals surface area contributed by atoms with Crippen molar-refractivity contribution in [1.29, 1.82) is 0 Å². The lowest BCUT2D eigenvalue weighted by molar-refractivity contribution is 0.398. The van der Waals surface area contributed by atoms with Gasteiger partial charge in [0.1, 0.15) is 17.2 Å². The van der Waals surface area contributed by atoms with Gasteiger partial charge in [-0.2, -0.15) is 0 Å². The number of hydrogen-bond acceptors (Lipinski definition) is 3. The van der Waals surface area contributed by atoms with Crippen molar-refractivity contribution in [1.82, 2.24) is 0 Å². The largest absolute Gasteiger partial charge is 0.494 e. The van der Waals surface area contributed by atoms with E-state index in [-0.39, 0.29) is 17.2 Å². The van der Waals surface area contributed by atoms with Crippen LogP contribution in [0.2, 0.25) is 0 Å². The summed E-state index contributed by atoms with van der Waals surface area (Å²) in [7, 11) is -5.32. The van der Waals surface area contributed by atoms with E-state index >= 15 is 0 Å². The van der Waals surface area contributed by atoms with Gasteiger partial charge in [0.05, 0.1) is 22.3 Å². The van der Waals surface area contributed by atoms with Gasteiger partial charge in [-0.05, 0) is 12.1 Å². The quantitative estimate of drug-likeness (QED) is 0.661. The molecule has 0 atom stereocenters. The summed E-state index contributed by atoms with van der Waals surface area (Å²) in [4.78, 5) is 0. The third kappa shape index (κ3) is 1.37. The smallest absolute Gasteiger partial charge is 0.145 e. The Morgan fingerprint density at radius 3 is 2.27 bits per heavy atom. The van der Waals surface area contributed by atoms with E-state index < -0.39 is 14.1 Å². The van der Waals surface area contributed by atoms with E-state index in [9.17, 15) is 0 Å². The van der Waals surface area contributed by atoms with Crippen molar-refractivity contribution in [3.63, 3.8) is 0 Å². The van der Waals surface area contributed by atoms with Crippen LogP contribution < -0.4 is 15.2 Å². The highest BCUT2D eigenvalue weighted by molar-refractivity contribution is 5.62. The van der Waals surface area contributed by atoms with E-state index in [0.717, 1.165) is 0 Å². The molecule has 2 N–H and O–H groups in total. The third-order valence-corrected chi connectivity index (χ3v) is 1.25. The molecule has 0 fully saturated rings. The Morgan fingerprint density at radius 2 is 1.82 bits per heavy atom. The number of nitrogen functional groups attached to an aromatic ring is 1. The number of hydrogen-bond donors (Lipinski definition) is 1. The van der Waals surface area contributed by atoms with Crippen LogP contribution in [0.1, 0.15) is 8.22 Å². The molecule has 3 nitrogen and oxygen atoms in total. The molecule has 0 aromatic heterocycles. The van der Waals surface area contributed by atoms with E-state index in [1.54, 1.807) is 0 Å². The Kier molecular flexibility index (Phi) is 0.837. The first-order valence-electron chi connectivity index (χ1n) is 5.85. The highest BCUT2D eigenvalue weighted by Gasteiger charge is 2.03.